The highest BCUT2D eigenvalue weighted by molar-refractivity contribution is 5.59. The molecule has 1 aliphatic rings. The maximum absolute atomic E-state index is 5.55. The van der Waals surface area contributed by atoms with E-state index in [1.165, 1.54) is 6.42 Å². The topological polar surface area (TPSA) is 59.1 Å². The van der Waals surface area contributed by atoms with E-state index in [0.717, 1.165) is 36.6 Å². The second-order valence-electron chi connectivity index (χ2n) is 5.63. The first kappa shape index (κ1) is 15.0. The monoisotopic (exact) mass is 278 g/mol. The van der Waals surface area contributed by atoms with Gasteiger partial charge in [0.05, 0.1) is 12.1 Å². The Morgan fingerprint density at radius 2 is 2.05 bits per heavy atom. The van der Waals surface area contributed by atoms with Gasteiger partial charge in [-0.15, -0.1) is 0 Å². The van der Waals surface area contributed by atoms with E-state index in [9.17, 15) is 0 Å². The summed E-state index contributed by atoms with van der Waals surface area (Å²) >= 11 is 0. The SMILES string of the molecule is CCNc1ncnc(NC2CCCC2OC)c1C(C)C. The minimum Gasteiger partial charge on any atom is -0.379 e. The lowest BCUT2D eigenvalue weighted by molar-refractivity contribution is 0.101. The molecule has 1 heterocycles. The van der Waals surface area contributed by atoms with Gasteiger partial charge in [-0.3, -0.25) is 0 Å². The number of rotatable bonds is 6. The van der Waals surface area contributed by atoms with Crippen LogP contribution in [0.25, 0.3) is 0 Å². The van der Waals surface area contributed by atoms with Crippen LogP contribution in [0.2, 0.25) is 0 Å². The zero-order valence-corrected chi connectivity index (χ0v) is 12.9. The first-order chi connectivity index (χ1) is 9.67. The summed E-state index contributed by atoms with van der Waals surface area (Å²) in [6, 6.07) is 0.349. The smallest absolute Gasteiger partial charge is 0.135 e. The minimum atomic E-state index is 0.285. The summed E-state index contributed by atoms with van der Waals surface area (Å²) in [7, 11) is 1.79. The molecule has 2 unspecified atom stereocenters. The lowest BCUT2D eigenvalue weighted by Gasteiger charge is -2.23. The zero-order chi connectivity index (χ0) is 14.5. The maximum Gasteiger partial charge on any atom is 0.135 e. The Morgan fingerprint density at radius 1 is 1.30 bits per heavy atom. The summed E-state index contributed by atoms with van der Waals surface area (Å²) in [5.41, 5.74) is 1.16. The highest BCUT2D eigenvalue weighted by Gasteiger charge is 2.28. The first-order valence-electron chi connectivity index (χ1n) is 7.55. The van der Waals surface area contributed by atoms with Crippen LogP contribution in [-0.4, -0.2) is 35.8 Å². The third-order valence-electron chi connectivity index (χ3n) is 3.88. The molecule has 0 aliphatic heterocycles. The van der Waals surface area contributed by atoms with Crippen molar-refractivity contribution in [2.45, 2.75) is 58.1 Å². The second-order valence-corrected chi connectivity index (χ2v) is 5.63. The summed E-state index contributed by atoms with van der Waals surface area (Å²) in [6.07, 6.45) is 5.38. The van der Waals surface area contributed by atoms with Gasteiger partial charge in [-0.25, -0.2) is 9.97 Å². The molecule has 5 heteroatoms. The molecule has 0 radical (unpaired) electrons. The van der Waals surface area contributed by atoms with Crippen molar-refractivity contribution < 1.29 is 4.74 Å². The van der Waals surface area contributed by atoms with E-state index in [1.807, 2.05) is 0 Å². The van der Waals surface area contributed by atoms with Crippen LogP contribution < -0.4 is 10.6 Å². The molecule has 2 atom stereocenters. The molecular formula is C15H26N4O. The van der Waals surface area contributed by atoms with Crippen LogP contribution in [0.4, 0.5) is 11.6 Å². The van der Waals surface area contributed by atoms with Crippen molar-refractivity contribution in [2.75, 3.05) is 24.3 Å². The van der Waals surface area contributed by atoms with Crippen molar-refractivity contribution in [3.8, 4) is 0 Å². The third kappa shape index (κ3) is 3.20. The van der Waals surface area contributed by atoms with E-state index >= 15 is 0 Å². The van der Waals surface area contributed by atoms with E-state index < -0.39 is 0 Å². The molecule has 0 saturated heterocycles. The molecule has 2 rings (SSSR count). The van der Waals surface area contributed by atoms with Crippen molar-refractivity contribution in [3.05, 3.63) is 11.9 Å². The first-order valence-corrected chi connectivity index (χ1v) is 7.55. The average Bonchev–Trinajstić information content (AvgIpc) is 2.86. The number of nitrogens with zero attached hydrogens (tertiary/aromatic N) is 2. The molecule has 0 aromatic carbocycles. The Hall–Kier alpha value is -1.36. The molecule has 1 aromatic heterocycles. The predicted molar refractivity (Wildman–Crippen MR) is 82.3 cm³/mol. The van der Waals surface area contributed by atoms with Crippen LogP contribution >= 0.6 is 0 Å². The molecule has 1 fully saturated rings. The van der Waals surface area contributed by atoms with Crippen molar-refractivity contribution in [1.82, 2.24) is 9.97 Å². The molecule has 5 nitrogen and oxygen atoms in total. The summed E-state index contributed by atoms with van der Waals surface area (Å²) in [6.45, 7) is 7.29. The molecule has 112 valence electrons. The molecule has 1 aliphatic carbocycles. The quantitative estimate of drug-likeness (QED) is 0.837. The standard InChI is InChI=1S/C15H26N4O/c1-5-16-14-13(10(2)3)15(18-9-17-14)19-11-7-6-8-12(11)20-4/h9-12H,5-8H2,1-4H3,(H2,16,17,18,19). The van der Waals surface area contributed by atoms with E-state index in [0.29, 0.717) is 12.0 Å². The van der Waals surface area contributed by atoms with Gasteiger partial charge in [-0.2, -0.15) is 0 Å². The molecule has 2 N–H and O–H groups in total. The van der Waals surface area contributed by atoms with E-state index in [2.05, 4.69) is 41.4 Å². The molecule has 0 amide bonds. The fourth-order valence-electron chi connectivity index (χ4n) is 2.91. The minimum absolute atomic E-state index is 0.285. The summed E-state index contributed by atoms with van der Waals surface area (Å²) in [5, 5.41) is 6.90. The molecule has 1 saturated carbocycles. The van der Waals surface area contributed by atoms with Gasteiger partial charge in [0.15, 0.2) is 0 Å². The molecule has 0 bridgehead atoms. The highest BCUT2D eigenvalue weighted by atomic mass is 16.5. The van der Waals surface area contributed by atoms with Gasteiger partial charge in [0.25, 0.3) is 0 Å². The van der Waals surface area contributed by atoms with Crippen molar-refractivity contribution in [3.63, 3.8) is 0 Å². The Morgan fingerprint density at radius 3 is 2.70 bits per heavy atom. The fraction of sp³-hybridized carbons (Fsp3) is 0.733. The van der Waals surface area contributed by atoms with Crippen molar-refractivity contribution in [2.24, 2.45) is 0 Å². The van der Waals surface area contributed by atoms with Gasteiger partial charge in [0.1, 0.15) is 18.0 Å². The van der Waals surface area contributed by atoms with Gasteiger partial charge in [0.2, 0.25) is 0 Å². The summed E-state index contributed by atoms with van der Waals surface area (Å²) in [5.74, 6) is 2.25. The van der Waals surface area contributed by atoms with Gasteiger partial charge < -0.3 is 15.4 Å². The lowest BCUT2D eigenvalue weighted by Crippen LogP contribution is -2.30. The fourth-order valence-corrected chi connectivity index (χ4v) is 2.91. The highest BCUT2D eigenvalue weighted by Crippen LogP contribution is 2.31. The predicted octanol–water partition coefficient (Wildman–Crippen LogP) is 3.01. The van der Waals surface area contributed by atoms with E-state index in [-0.39, 0.29) is 6.10 Å². The van der Waals surface area contributed by atoms with Crippen LogP contribution in [-0.2, 0) is 4.74 Å². The van der Waals surface area contributed by atoms with Gasteiger partial charge in [-0.1, -0.05) is 13.8 Å². The second kappa shape index (κ2) is 6.88. The molecular weight excluding hydrogens is 252 g/mol. The number of hydrogen-bond acceptors (Lipinski definition) is 5. The van der Waals surface area contributed by atoms with Gasteiger partial charge in [0, 0.05) is 19.2 Å². The van der Waals surface area contributed by atoms with Crippen LogP contribution in [0.1, 0.15) is 51.5 Å². The van der Waals surface area contributed by atoms with Crippen LogP contribution in [0.5, 0.6) is 0 Å². The maximum atomic E-state index is 5.55. The largest absolute Gasteiger partial charge is 0.379 e. The Balaban J connectivity index is 2.24. The van der Waals surface area contributed by atoms with E-state index in [4.69, 9.17) is 4.74 Å². The number of ether oxygens (including phenoxy) is 1. The van der Waals surface area contributed by atoms with E-state index in [1.54, 1.807) is 13.4 Å². The number of aromatic nitrogens is 2. The Bertz CT molecular complexity index is 436. The van der Waals surface area contributed by atoms with Crippen molar-refractivity contribution in [1.29, 1.82) is 0 Å². The van der Waals surface area contributed by atoms with Crippen molar-refractivity contribution >= 4 is 11.6 Å². The average molecular weight is 278 g/mol. The molecule has 20 heavy (non-hydrogen) atoms. The van der Waals surface area contributed by atoms with Crippen LogP contribution in [0.15, 0.2) is 6.33 Å². The number of methoxy groups -OCH3 is 1. The van der Waals surface area contributed by atoms with Crippen LogP contribution in [0, 0.1) is 0 Å². The van der Waals surface area contributed by atoms with Gasteiger partial charge in [-0.05, 0) is 32.1 Å². The summed E-state index contributed by atoms with van der Waals surface area (Å²) in [4.78, 5) is 8.83. The zero-order valence-electron chi connectivity index (χ0n) is 12.9. The third-order valence-corrected chi connectivity index (χ3v) is 3.88. The Kier molecular flexibility index (Phi) is 5.17. The molecule has 1 aromatic rings. The Labute approximate surface area is 121 Å². The number of nitrogens with one attached hydrogen (secondary N) is 2. The number of anilines is 2. The van der Waals surface area contributed by atoms with Crippen LogP contribution in [0.3, 0.4) is 0 Å². The lowest BCUT2D eigenvalue weighted by atomic mass is 10.0. The molecule has 0 spiro atoms. The summed E-state index contributed by atoms with van der Waals surface area (Å²) < 4.78 is 5.55. The normalized spacial score (nSPS) is 22.2. The van der Waals surface area contributed by atoms with Gasteiger partial charge >= 0.3 is 0 Å². The number of hydrogen-bond donors (Lipinski definition) is 2.